The maximum absolute atomic E-state index is 5.64. The van der Waals surface area contributed by atoms with Crippen molar-refractivity contribution in [3.05, 3.63) is 47.9 Å². The van der Waals surface area contributed by atoms with Crippen LogP contribution in [0.3, 0.4) is 0 Å². The maximum Gasteiger partial charge on any atom is 0.222 e. The van der Waals surface area contributed by atoms with Crippen LogP contribution in [0.25, 0.3) is 0 Å². The highest BCUT2D eigenvalue weighted by molar-refractivity contribution is 5.34. The van der Waals surface area contributed by atoms with Gasteiger partial charge in [0.25, 0.3) is 0 Å². The smallest absolute Gasteiger partial charge is 0.222 e. The standard InChI is InChI=1S/C12H12N2O/c1-9-5-3-4-6-11(9)15-12-7-10(2)13-8-14-12/h3-8H,1-2H3. The molecule has 1 aromatic heterocycles. The molecule has 0 N–H and O–H groups in total. The zero-order chi connectivity index (χ0) is 10.7. The number of para-hydroxylation sites is 1. The Balaban J connectivity index is 2.26. The lowest BCUT2D eigenvalue weighted by molar-refractivity contribution is 0.457. The van der Waals surface area contributed by atoms with Crippen LogP contribution in [0.5, 0.6) is 11.6 Å². The Morgan fingerprint density at radius 1 is 1.07 bits per heavy atom. The predicted octanol–water partition coefficient (Wildman–Crippen LogP) is 2.89. The molecule has 0 amide bonds. The lowest BCUT2D eigenvalue weighted by Crippen LogP contribution is -1.91. The number of ether oxygens (including phenoxy) is 1. The summed E-state index contributed by atoms with van der Waals surface area (Å²) in [5.74, 6) is 1.41. The van der Waals surface area contributed by atoms with E-state index in [1.165, 1.54) is 6.33 Å². The molecular weight excluding hydrogens is 188 g/mol. The summed E-state index contributed by atoms with van der Waals surface area (Å²) < 4.78 is 5.64. The van der Waals surface area contributed by atoms with Gasteiger partial charge in [0.05, 0.1) is 0 Å². The van der Waals surface area contributed by atoms with E-state index in [4.69, 9.17) is 4.74 Å². The molecule has 0 saturated carbocycles. The summed E-state index contributed by atoms with van der Waals surface area (Å²) in [6, 6.07) is 9.66. The molecule has 0 bridgehead atoms. The third-order valence-corrected chi connectivity index (χ3v) is 2.09. The molecule has 0 aliphatic heterocycles. The molecule has 76 valence electrons. The first-order valence-corrected chi connectivity index (χ1v) is 4.78. The van der Waals surface area contributed by atoms with E-state index in [-0.39, 0.29) is 0 Å². The number of rotatable bonds is 2. The number of nitrogens with zero attached hydrogens (tertiary/aromatic N) is 2. The van der Waals surface area contributed by atoms with Crippen molar-refractivity contribution in [3.63, 3.8) is 0 Å². The van der Waals surface area contributed by atoms with Crippen molar-refractivity contribution >= 4 is 0 Å². The molecule has 1 aromatic carbocycles. The van der Waals surface area contributed by atoms with Crippen molar-refractivity contribution in [1.29, 1.82) is 0 Å². The normalized spacial score (nSPS) is 10.0. The molecule has 0 fully saturated rings. The molecule has 2 aromatic rings. The van der Waals surface area contributed by atoms with Crippen molar-refractivity contribution in [1.82, 2.24) is 9.97 Å². The van der Waals surface area contributed by atoms with Gasteiger partial charge in [0.1, 0.15) is 12.1 Å². The van der Waals surface area contributed by atoms with E-state index in [1.54, 1.807) is 0 Å². The van der Waals surface area contributed by atoms with E-state index in [1.807, 2.05) is 44.2 Å². The first kappa shape index (κ1) is 9.65. The fraction of sp³-hybridized carbons (Fsp3) is 0.167. The largest absolute Gasteiger partial charge is 0.439 e. The minimum absolute atomic E-state index is 0.580. The number of aromatic nitrogens is 2. The van der Waals surface area contributed by atoms with Gasteiger partial charge in [-0.3, -0.25) is 0 Å². The summed E-state index contributed by atoms with van der Waals surface area (Å²) in [5.41, 5.74) is 1.99. The molecular formula is C12H12N2O. The Morgan fingerprint density at radius 2 is 1.87 bits per heavy atom. The molecule has 0 aliphatic carbocycles. The van der Waals surface area contributed by atoms with Crippen LogP contribution >= 0.6 is 0 Å². The molecule has 0 radical (unpaired) electrons. The number of hydrogen-bond donors (Lipinski definition) is 0. The molecule has 0 atom stereocenters. The first-order chi connectivity index (χ1) is 7.25. The summed E-state index contributed by atoms with van der Waals surface area (Å²) in [4.78, 5) is 8.06. The lowest BCUT2D eigenvalue weighted by atomic mass is 10.2. The Labute approximate surface area is 88.8 Å². The van der Waals surface area contributed by atoms with Gasteiger partial charge in [-0.1, -0.05) is 18.2 Å². The zero-order valence-corrected chi connectivity index (χ0v) is 8.77. The molecule has 15 heavy (non-hydrogen) atoms. The summed E-state index contributed by atoms with van der Waals surface area (Å²) in [6.07, 6.45) is 1.50. The summed E-state index contributed by atoms with van der Waals surface area (Å²) >= 11 is 0. The average Bonchev–Trinajstić information content (AvgIpc) is 2.22. The number of benzene rings is 1. The Hall–Kier alpha value is -1.90. The quantitative estimate of drug-likeness (QED) is 0.747. The van der Waals surface area contributed by atoms with Gasteiger partial charge in [-0.2, -0.15) is 0 Å². The van der Waals surface area contributed by atoms with E-state index in [2.05, 4.69) is 9.97 Å². The predicted molar refractivity (Wildman–Crippen MR) is 58.0 cm³/mol. The van der Waals surface area contributed by atoms with Crippen LogP contribution in [0, 0.1) is 13.8 Å². The molecule has 0 spiro atoms. The SMILES string of the molecule is Cc1cc(Oc2ccccc2C)ncn1. The molecule has 3 nitrogen and oxygen atoms in total. The summed E-state index contributed by atoms with van der Waals surface area (Å²) in [7, 11) is 0. The van der Waals surface area contributed by atoms with Gasteiger partial charge >= 0.3 is 0 Å². The van der Waals surface area contributed by atoms with Crippen LogP contribution in [-0.2, 0) is 0 Å². The Bertz CT molecular complexity index is 469. The van der Waals surface area contributed by atoms with E-state index >= 15 is 0 Å². The highest BCUT2D eigenvalue weighted by Gasteiger charge is 2.01. The van der Waals surface area contributed by atoms with Crippen molar-refractivity contribution < 1.29 is 4.74 Å². The van der Waals surface area contributed by atoms with Crippen LogP contribution in [-0.4, -0.2) is 9.97 Å². The molecule has 0 aliphatic rings. The van der Waals surface area contributed by atoms with Crippen LogP contribution < -0.4 is 4.74 Å². The van der Waals surface area contributed by atoms with E-state index < -0.39 is 0 Å². The second-order valence-corrected chi connectivity index (χ2v) is 3.37. The van der Waals surface area contributed by atoms with Crippen molar-refractivity contribution in [2.45, 2.75) is 13.8 Å². The molecule has 3 heteroatoms. The summed E-state index contributed by atoms with van der Waals surface area (Å²) in [6.45, 7) is 3.91. The molecule has 0 saturated heterocycles. The maximum atomic E-state index is 5.64. The lowest BCUT2D eigenvalue weighted by Gasteiger charge is -2.06. The fourth-order valence-corrected chi connectivity index (χ4v) is 1.27. The highest BCUT2D eigenvalue weighted by Crippen LogP contribution is 2.22. The number of aryl methyl sites for hydroxylation is 2. The third-order valence-electron chi connectivity index (χ3n) is 2.09. The van der Waals surface area contributed by atoms with Crippen LogP contribution in [0.15, 0.2) is 36.7 Å². The van der Waals surface area contributed by atoms with Crippen molar-refractivity contribution in [2.75, 3.05) is 0 Å². The van der Waals surface area contributed by atoms with Gasteiger partial charge in [-0.25, -0.2) is 9.97 Å². The van der Waals surface area contributed by atoms with E-state index in [9.17, 15) is 0 Å². The highest BCUT2D eigenvalue weighted by atomic mass is 16.5. The monoisotopic (exact) mass is 200 g/mol. The Kier molecular flexibility index (Phi) is 2.63. The minimum Gasteiger partial charge on any atom is -0.439 e. The minimum atomic E-state index is 0.580. The van der Waals surface area contributed by atoms with Crippen LogP contribution in [0.1, 0.15) is 11.3 Å². The van der Waals surface area contributed by atoms with Gasteiger partial charge in [0.2, 0.25) is 5.88 Å². The summed E-state index contributed by atoms with van der Waals surface area (Å²) in [5, 5.41) is 0. The molecule has 2 rings (SSSR count). The van der Waals surface area contributed by atoms with E-state index in [0.29, 0.717) is 5.88 Å². The fourth-order valence-electron chi connectivity index (χ4n) is 1.27. The van der Waals surface area contributed by atoms with E-state index in [0.717, 1.165) is 17.0 Å². The van der Waals surface area contributed by atoms with Gasteiger partial charge in [-0.05, 0) is 25.5 Å². The second-order valence-electron chi connectivity index (χ2n) is 3.37. The van der Waals surface area contributed by atoms with Crippen LogP contribution in [0.2, 0.25) is 0 Å². The number of hydrogen-bond acceptors (Lipinski definition) is 3. The van der Waals surface area contributed by atoms with Gasteiger partial charge < -0.3 is 4.74 Å². The van der Waals surface area contributed by atoms with Gasteiger partial charge in [0, 0.05) is 11.8 Å². The van der Waals surface area contributed by atoms with Crippen molar-refractivity contribution in [2.24, 2.45) is 0 Å². The molecule has 0 unspecified atom stereocenters. The zero-order valence-electron chi connectivity index (χ0n) is 8.77. The van der Waals surface area contributed by atoms with Crippen LogP contribution in [0.4, 0.5) is 0 Å². The van der Waals surface area contributed by atoms with Gasteiger partial charge in [-0.15, -0.1) is 0 Å². The van der Waals surface area contributed by atoms with Crippen molar-refractivity contribution in [3.8, 4) is 11.6 Å². The topological polar surface area (TPSA) is 35.0 Å². The average molecular weight is 200 g/mol. The third kappa shape index (κ3) is 2.31. The first-order valence-electron chi connectivity index (χ1n) is 4.78. The second kappa shape index (κ2) is 4.09. The van der Waals surface area contributed by atoms with Gasteiger partial charge in [0.15, 0.2) is 0 Å². The Morgan fingerprint density at radius 3 is 2.60 bits per heavy atom. The molecule has 1 heterocycles.